The molecule has 0 aliphatic rings. The first-order valence-corrected chi connectivity index (χ1v) is 10.5. The molecule has 0 aliphatic heterocycles. The van der Waals surface area contributed by atoms with Crippen molar-refractivity contribution in [1.82, 2.24) is 10.6 Å². The van der Waals surface area contributed by atoms with E-state index in [1.807, 2.05) is 6.92 Å². The second kappa shape index (κ2) is 31.0. The molecule has 0 bridgehead atoms. The van der Waals surface area contributed by atoms with Crippen molar-refractivity contribution in [3.63, 3.8) is 0 Å². The third-order valence-electron chi connectivity index (χ3n) is 2.65. The standard InChI is InChI=1S/C6H18N4.C6H13NO2.2ClHO4.Co.2H2O/c7-1-3-9-5-6-10-4-2-8;1-3-4(2)5(7)6(8)9;2*2-1(3,4)5;;;/h9-10H,1-8H2;4-5H,3,7H2,1-2H3,(H,8,9);2*(H,2,3,4,5);;2*1H2/q;;;;+3;;/p-3/t;4-,5-;;;;;/m.0...../s1. The molecule has 17 nitrogen and oxygen atoms in total. The SMILES string of the molecule is CC[C@H](C)[C@H](N)C(=O)[O-].NCCNCCNCCN.O.O.[Co+3].[O-][Cl+3]([O-])([O-])[O-].[O-][Cl+3]([O-])([O-])[O-]. The van der Waals surface area contributed by atoms with E-state index < -0.39 is 32.5 Å². The van der Waals surface area contributed by atoms with Crippen LogP contribution in [0.2, 0.25) is 0 Å². The van der Waals surface area contributed by atoms with E-state index >= 15 is 0 Å². The molecule has 0 radical (unpaired) electrons. The molecule has 2 atom stereocenters. The first-order valence-electron chi connectivity index (χ1n) is 8.02. The van der Waals surface area contributed by atoms with Crippen molar-refractivity contribution in [3.8, 4) is 0 Å². The van der Waals surface area contributed by atoms with E-state index in [4.69, 9.17) is 54.5 Å². The fraction of sp³-hybridized carbons (Fsp3) is 0.917. The van der Waals surface area contributed by atoms with Gasteiger partial charge in [-0.15, -0.1) is 20.5 Å². The van der Waals surface area contributed by atoms with Crippen LogP contribution in [0.5, 0.6) is 0 Å². The van der Waals surface area contributed by atoms with Crippen LogP contribution >= 0.6 is 0 Å². The average molecular weight is 570 g/mol. The molecule has 0 saturated heterocycles. The minimum atomic E-state index is -4.94. The molecule has 0 amide bonds. The Kier molecular flexibility index (Phi) is 47.6. The molecule has 12 N–H and O–H groups in total. The molecule has 0 fully saturated rings. The Hall–Kier alpha value is -0.0435. The normalized spacial score (nSPS) is 11.7. The molecule has 0 aromatic rings. The van der Waals surface area contributed by atoms with Crippen molar-refractivity contribution in [3.05, 3.63) is 0 Å². The Balaban J connectivity index is -0.0000000527. The largest absolute Gasteiger partial charge is 3.00 e. The van der Waals surface area contributed by atoms with Gasteiger partial charge in [0.2, 0.25) is 0 Å². The molecule has 0 heterocycles. The number of hydrogen-bond donors (Lipinski definition) is 5. The van der Waals surface area contributed by atoms with Crippen LogP contribution < -0.4 is 70.2 Å². The van der Waals surface area contributed by atoms with E-state index in [2.05, 4.69) is 10.6 Å². The summed E-state index contributed by atoms with van der Waals surface area (Å²) in [5.41, 5.74) is 15.7. The molecular weight excluding hydrogens is 536 g/mol. The van der Waals surface area contributed by atoms with Crippen LogP contribution in [-0.2, 0) is 21.6 Å². The second-order valence-corrected chi connectivity index (χ2v) is 6.58. The Morgan fingerprint density at radius 3 is 1.19 bits per heavy atom. The fourth-order valence-electron chi connectivity index (χ4n) is 1.12. The van der Waals surface area contributed by atoms with Gasteiger partial charge in [0.05, 0.1) is 5.97 Å². The Labute approximate surface area is 200 Å². The van der Waals surface area contributed by atoms with Crippen LogP contribution in [0.15, 0.2) is 0 Å². The van der Waals surface area contributed by atoms with E-state index in [0.29, 0.717) is 13.1 Å². The monoisotopic (exact) mass is 569 g/mol. The summed E-state index contributed by atoms with van der Waals surface area (Å²) >= 11 is 0. The molecule has 20 heteroatoms. The predicted octanol–water partition coefficient (Wildman–Crippen LogP) is -14.0. The van der Waals surface area contributed by atoms with Crippen LogP contribution in [0.4, 0.5) is 0 Å². The molecule has 0 rings (SSSR count). The van der Waals surface area contributed by atoms with E-state index in [1.54, 1.807) is 6.92 Å². The van der Waals surface area contributed by atoms with Crippen LogP contribution in [-0.4, -0.2) is 62.2 Å². The van der Waals surface area contributed by atoms with Crippen LogP contribution in [0, 0.1) is 26.4 Å². The Bertz CT molecular complexity index is 338. The summed E-state index contributed by atoms with van der Waals surface area (Å²) in [4.78, 5) is 10.1. The Morgan fingerprint density at radius 1 is 0.812 bits per heavy atom. The van der Waals surface area contributed by atoms with Gasteiger partial charge in [0.15, 0.2) is 0 Å². The van der Waals surface area contributed by atoms with Gasteiger partial charge in [-0.05, 0) is 5.92 Å². The third kappa shape index (κ3) is 87.4. The number of carboxylic acid groups (broad SMARTS) is 1. The Morgan fingerprint density at radius 2 is 1.06 bits per heavy atom. The van der Waals surface area contributed by atoms with Crippen LogP contribution in [0.1, 0.15) is 20.3 Å². The number of carboxylic acids is 1. The van der Waals surface area contributed by atoms with Crippen LogP contribution in [0.3, 0.4) is 0 Å². The van der Waals surface area contributed by atoms with Crippen molar-refractivity contribution in [2.45, 2.75) is 26.3 Å². The van der Waals surface area contributed by atoms with E-state index in [0.717, 1.165) is 32.6 Å². The first-order chi connectivity index (χ1) is 13.0. The van der Waals surface area contributed by atoms with Gasteiger partial charge in [0.1, 0.15) is 0 Å². The zero-order chi connectivity index (χ0) is 24.1. The van der Waals surface area contributed by atoms with Gasteiger partial charge in [-0.3, -0.25) is 0 Å². The maximum absolute atomic E-state index is 10.1. The summed E-state index contributed by atoms with van der Waals surface area (Å²) in [5.74, 6) is -1.15. The summed E-state index contributed by atoms with van der Waals surface area (Å²) in [5, 5.41) is 16.4. The zero-order valence-corrected chi connectivity index (χ0v) is 20.1. The number of carbonyl (C=O) groups is 1. The third-order valence-corrected chi connectivity index (χ3v) is 2.65. The summed E-state index contributed by atoms with van der Waals surface area (Å²) in [7, 11) is -9.89. The number of rotatable bonds is 10. The summed E-state index contributed by atoms with van der Waals surface area (Å²) < 4.78 is 67.9. The summed E-state index contributed by atoms with van der Waals surface area (Å²) in [6.45, 7) is 8.82. The van der Waals surface area contributed by atoms with Crippen LogP contribution in [0.25, 0.3) is 0 Å². The molecule has 0 aliphatic carbocycles. The number of carbonyl (C=O) groups excluding carboxylic acids is 1. The van der Waals surface area contributed by atoms with Gasteiger partial charge in [-0.25, -0.2) is 37.3 Å². The van der Waals surface area contributed by atoms with Gasteiger partial charge in [-0.2, -0.15) is 0 Å². The van der Waals surface area contributed by atoms with Crippen molar-refractivity contribution in [1.29, 1.82) is 0 Å². The fourth-order valence-corrected chi connectivity index (χ4v) is 1.12. The van der Waals surface area contributed by atoms with E-state index in [-0.39, 0.29) is 33.6 Å². The van der Waals surface area contributed by atoms with Gasteiger partial charge in [0.25, 0.3) is 0 Å². The maximum Gasteiger partial charge on any atom is 3.00 e. The number of halogens is 2. The average Bonchev–Trinajstić information content (AvgIpc) is 2.54. The minimum absolute atomic E-state index is 0. The van der Waals surface area contributed by atoms with Gasteiger partial charge in [-0.1, -0.05) is 20.3 Å². The van der Waals surface area contributed by atoms with E-state index in [9.17, 15) is 9.90 Å². The molecule has 0 spiro atoms. The van der Waals surface area contributed by atoms with Gasteiger partial charge in [0, 0.05) is 45.3 Å². The van der Waals surface area contributed by atoms with Crippen molar-refractivity contribution in [2.75, 3.05) is 39.3 Å². The topological polar surface area (TPSA) is 390 Å². The summed E-state index contributed by atoms with van der Waals surface area (Å²) in [6.07, 6.45) is 0.773. The predicted molar refractivity (Wildman–Crippen MR) is 83.5 cm³/mol. The van der Waals surface area contributed by atoms with Gasteiger partial charge < -0.3 is 48.7 Å². The van der Waals surface area contributed by atoms with Gasteiger partial charge >= 0.3 is 16.8 Å². The second-order valence-electron chi connectivity index (χ2n) is 5.06. The number of hydrogen-bond acceptors (Lipinski definition) is 15. The maximum atomic E-state index is 10.1. The number of aliphatic carboxylic acids is 1. The quantitative estimate of drug-likeness (QED) is 0.152. The number of nitrogens with one attached hydrogen (secondary N) is 2. The molecule has 0 aromatic carbocycles. The molecule has 202 valence electrons. The van der Waals surface area contributed by atoms with Crippen molar-refractivity contribution in [2.24, 2.45) is 23.1 Å². The first kappa shape index (κ1) is 49.2. The molecule has 0 unspecified atom stereocenters. The zero-order valence-electron chi connectivity index (χ0n) is 17.5. The molecule has 0 saturated carbocycles. The minimum Gasteiger partial charge on any atom is -0.548 e. The summed E-state index contributed by atoms with van der Waals surface area (Å²) in [6, 6.07) is -0.810. The van der Waals surface area contributed by atoms with Crippen molar-refractivity contribution < 1.29 is 95.4 Å². The van der Waals surface area contributed by atoms with Crippen molar-refractivity contribution >= 4 is 5.97 Å². The number of nitrogens with two attached hydrogens (primary N) is 3. The molecule has 0 aromatic heterocycles. The molecular formula is C12H34Cl2CoN5O12. The smallest absolute Gasteiger partial charge is 0.548 e. The van der Waals surface area contributed by atoms with E-state index in [1.165, 1.54) is 0 Å². The molecule has 32 heavy (non-hydrogen) atoms.